The lowest BCUT2D eigenvalue weighted by Crippen LogP contribution is -2.37. The summed E-state index contributed by atoms with van der Waals surface area (Å²) in [6, 6.07) is 1.88. The predicted molar refractivity (Wildman–Crippen MR) is 119 cm³/mol. The van der Waals surface area contributed by atoms with Gasteiger partial charge < -0.3 is 20.5 Å². The number of anilines is 3. The fourth-order valence-corrected chi connectivity index (χ4v) is 4.94. The van der Waals surface area contributed by atoms with Crippen molar-refractivity contribution in [1.29, 1.82) is 10.5 Å². The molecular weight excluding hydrogens is 421 g/mol. The van der Waals surface area contributed by atoms with Gasteiger partial charge in [0.05, 0.1) is 39.4 Å². The SMILES string of the molecule is CN1CCC(Nc2c(F)c(N)c3c(=O)c(C#N)c4n(c3c2Cl)C(C)(C)CN4C#N)CC1. The Morgan fingerprint density at radius 3 is 2.52 bits per heavy atom. The minimum atomic E-state index is -0.800. The van der Waals surface area contributed by atoms with Crippen LogP contribution in [0.5, 0.6) is 0 Å². The van der Waals surface area contributed by atoms with Gasteiger partial charge in [-0.25, -0.2) is 4.39 Å². The van der Waals surface area contributed by atoms with E-state index in [9.17, 15) is 15.3 Å². The van der Waals surface area contributed by atoms with Gasteiger partial charge >= 0.3 is 0 Å². The number of nitrogens with one attached hydrogen (secondary N) is 1. The quantitative estimate of drug-likeness (QED) is 0.541. The second kappa shape index (κ2) is 7.30. The summed E-state index contributed by atoms with van der Waals surface area (Å²) in [5, 5.41) is 22.3. The van der Waals surface area contributed by atoms with Gasteiger partial charge in [0, 0.05) is 6.04 Å². The van der Waals surface area contributed by atoms with Crippen LogP contribution in [0.25, 0.3) is 10.9 Å². The van der Waals surface area contributed by atoms with Gasteiger partial charge in [-0.15, -0.1) is 0 Å². The number of hydrogen-bond donors (Lipinski definition) is 2. The Labute approximate surface area is 184 Å². The van der Waals surface area contributed by atoms with Crippen LogP contribution in [0.15, 0.2) is 4.79 Å². The molecule has 10 heteroatoms. The molecular formula is C21H23ClFN7O. The number of nitriles is 2. The van der Waals surface area contributed by atoms with Crippen molar-refractivity contribution in [3.8, 4) is 12.3 Å². The Balaban J connectivity index is 2.05. The molecule has 1 aromatic heterocycles. The van der Waals surface area contributed by atoms with Gasteiger partial charge in [-0.1, -0.05) is 11.6 Å². The standard InChI is InChI=1S/C21H23ClFN7O/c1-21(2)9-29(10-25)20-12(8-24)19(31)13-16(26)15(23)17(14(22)18(13)30(20)21)27-11-4-6-28(3)7-5-11/h11,27H,4-7,9,26H2,1-3H3. The zero-order valence-electron chi connectivity index (χ0n) is 17.6. The molecule has 0 saturated carbocycles. The number of piperidine rings is 1. The number of pyridine rings is 1. The smallest absolute Gasteiger partial charge is 0.211 e. The van der Waals surface area contributed by atoms with Crippen LogP contribution < -0.4 is 21.4 Å². The highest BCUT2D eigenvalue weighted by Gasteiger charge is 2.41. The average molecular weight is 444 g/mol. The van der Waals surface area contributed by atoms with Gasteiger partial charge in [0.1, 0.15) is 17.5 Å². The summed E-state index contributed by atoms with van der Waals surface area (Å²) in [6.45, 7) is 5.69. The van der Waals surface area contributed by atoms with Crippen LogP contribution in [0.1, 0.15) is 32.3 Å². The molecule has 8 nitrogen and oxygen atoms in total. The maximum Gasteiger partial charge on any atom is 0.211 e. The van der Waals surface area contributed by atoms with E-state index in [2.05, 4.69) is 10.2 Å². The van der Waals surface area contributed by atoms with E-state index >= 15 is 4.39 Å². The first-order valence-corrected chi connectivity index (χ1v) is 10.4. The first kappa shape index (κ1) is 21.2. The Kier molecular flexibility index (Phi) is 5.00. The third-order valence-electron chi connectivity index (χ3n) is 6.21. The highest BCUT2D eigenvalue weighted by atomic mass is 35.5. The molecule has 31 heavy (non-hydrogen) atoms. The molecule has 162 valence electrons. The molecule has 0 amide bonds. The van der Waals surface area contributed by atoms with Crippen LogP contribution >= 0.6 is 11.6 Å². The summed E-state index contributed by atoms with van der Waals surface area (Å²) in [6.07, 6.45) is 3.64. The van der Waals surface area contributed by atoms with E-state index in [1.165, 1.54) is 4.90 Å². The minimum absolute atomic E-state index is 0.00631. The molecule has 2 aliphatic rings. The molecule has 0 spiro atoms. The van der Waals surface area contributed by atoms with Crippen LogP contribution in [0, 0.1) is 28.6 Å². The van der Waals surface area contributed by atoms with Crippen LogP contribution in [0.3, 0.4) is 0 Å². The van der Waals surface area contributed by atoms with Crippen molar-refractivity contribution in [2.24, 2.45) is 0 Å². The molecule has 2 aromatic rings. The van der Waals surface area contributed by atoms with Crippen molar-refractivity contribution in [1.82, 2.24) is 9.47 Å². The monoisotopic (exact) mass is 443 g/mol. The van der Waals surface area contributed by atoms with E-state index < -0.39 is 16.8 Å². The molecule has 1 saturated heterocycles. The number of nitrogens with two attached hydrogens (primary N) is 1. The molecule has 1 fully saturated rings. The fourth-order valence-electron chi connectivity index (χ4n) is 4.63. The number of benzene rings is 1. The number of nitrogen functional groups attached to an aromatic ring is 1. The highest BCUT2D eigenvalue weighted by molar-refractivity contribution is 6.38. The number of aromatic nitrogens is 1. The van der Waals surface area contributed by atoms with Crippen molar-refractivity contribution >= 4 is 39.7 Å². The Hall–Kier alpha value is -3.01. The Bertz CT molecular complexity index is 1230. The molecule has 4 rings (SSSR count). The molecule has 3 heterocycles. The fraction of sp³-hybridized carbons (Fsp3) is 0.476. The van der Waals surface area contributed by atoms with Crippen LogP contribution in [0.4, 0.5) is 21.6 Å². The lowest BCUT2D eigenvalue weighted by Gasteiger charge is -2.31. The Morgan fingerprint density at radius 2 is 1.94 bits per heavy atom. The zero-order chi connectivity index (χ0) is 22.7. The van der Waals surface area contributed by atoms with E-state index in [1.54, 1.807) is 4.57 Å². The summed E-state index contributed by atoms with van der Waals surface area (Å²) >= 11 is 6.72. The van der Waals surface area contributed by atoms with E-state index in [-0.39, 0.29) is 51.3 Å². The number of likely N-dealkylation sites (tertiary alicyclic amines) is 1. The van der Waals surface area contributed by atoms with Crippen LogP contribution in [-0.2, 0) is 5.54 Å². The second-order valence-corrected chi connectivity index (χ2v) is 9.21. The lowest BCUT2D eigenvalue weighted by atomic mass is 10.0. The Morgan fingerprint density at radius 1 is 1.29 bits per heavy atom. The van der Waals surface area contributed by atoms with Crippen molar-refractivity contribution in [2.45, 2.75) is 38.3 Å². The van der Waals surface area contributed by atoms with Crippen molar-refractivity contribution in [2.75, 3.05) is 42.6 Å². The maximum atomic E-state index is 15.4. The van der Waals surface area contributed by atoms with E-state index in [1.807, 2.05) is 33.2 Å². The zero-order valence-corrected chi connectivity index (χ0v) is 18.3. The first-order valence-electron chi connectivity index (χ1n) is 10.0. The third-order valence-corrected chi connectivity index (χ3v) is 6.58. The highest BCUT2D eigenvalue weighted by Crippen LogP contribution is 2.45. The van der Waals surface area contributed by atoms with E-state index in [0.29, 0.717) is 0 Å². The van der Waals surface area contributed by atoms with Crippen molar-refractivity contribution < 1.29 is 4.39 Å². The first-order chi connectivity index (χ1) is 14.6. The van der Waals surface area contributed by atoms with E-state index in [4.69, 9.17) is 17.3 Å². The molecule has 3 N–H and O–H groups in total. The number of nitrogens with zero attached hydrogens (tertiary/aromatic N) is 5. The number of rotatable bonds is 2. The van der Waals surface area contributed by atoms with Gasteiger partial charge in [-0.3, -0.25) is 9.69 Å². The largest absolute Gasteiger partial charge is 0.396 e. The topological polar surface area (TPSA) is 114 Å². The molecule has 0 atom stereocenters. The predicted octanol–water partition coefficient (Wildman–Crippen LogP) is 2.79. The lowest BCUT2D eigenvalue weighted by molar-refractivity contribution is 0.263. The molecule has 1 aromatic carbocycles. The normalized spacial score (nSPS) is 18.6. The van der Waals surface area contributed by atoms with Crippen molar-refractivity contribution in [3.05, 3.63) is 26.6 Å². The average Bonchev–Trinajstić information content (AvgIpc) is 3.00. The third kappa shape index (κ3) is 3.08. The van der Waals surface area contributed by atoms with Crippen LogP contribution in [-0.4, -0.2) is 42.2 Å². The number of halogens is 2. The molecule has 0 aliphatic carbocycles. The summed E-state index contributed by atoms with van der Waals surface area (Å²) in [5.74, 6) is -0.642. The molecule has 2 aliphatic heterocycles. The summed E-state index contributed by atoms with van der Waals surface area (Å²) < 4.78 is 17.0. The van der Waals surface area contributed by atoms with Crippen LogP contribution in [0.2, 0.25) is 5.02 Å². The van der Waals surface area contributed by atoms with Gasteiger partial charge in [0.25, 0.3) is 0 Å². The second-order valence-electron chi connectivity index (χ2n) is 8.84. The van der Waals surface area contributed by atoms with Gasteiger partial charge in [-0.05, 0) is 46.8 Å². The van der Waals surface area contributed by atoms with Gasteiger partial charge in [0.2, 0.25) is 5.43 Å². The molecule has 0 unspecified atom stereocenters. The summed E-state index contributed by atoms with van der Waals surface area (Å²) in [5.41, 5.74) is 4.36. The number of fused-ring (bicyclic) bond motifs is 3. The maximum absolute atomic E-state index is 15.4. The molecule has 0 bridgehead atoms. The van der Waals surface area contributed by atoms with Crippen molar-refractivity contribution in [3.63, 3.8) is 0 Å². The minimum Gasteiger partial charge on any atom is -0.396 e. The van der Waals surface area contributed by atoms with Gasteiger partial charge in [0.15, 0.2) is 12.0 Å². The summed E-state index contributed by atoms with van der Waals surface area (Å²) in [7, 11) is 2.03. The molecule has 0 radical (unpaired) electrons. The summed E-state index contributed by atoms with van der Waals surface area (Å²) in [4.78, 5) is 16.6. The van der Waals surface area contributed by atoms with Gasteiger partial charge in [-0.2, -0.15) is 10.5 Å². The van der Waals surface area contributed by atoms with E-state index in [0.717, 1.165) is 25.9 Å². The number of hydrogen-bond acceptors (Lipinski definition) is 7.